The van der Waals surface area contributed by atoms with Crippen LogP contribution in [-0.4, -0.2) is 6.71 Å². The van der Waals surface area contributed by atoms with Gasteiger partial charge < -0.3 is 9.80 Å². The number of rotatable bonds is 5. The van der Waals surface area contributed by atoms with Gasteiger partial charge in [-0.3, -0.25) is 0 Å². The zero-order chi connectivity index (χ0) is 54.9. The molecule has 0 N–H and O–H groups in total. The van der Waals surface area contributed by atoms with E-state index in [0.717, 1.165) is 12.8 Å². The molecule has 3 heteroatoms. The molecule has 3 unspecified atom stereocenters. The van der Waals surface area contributed by atoms with E-state index in [0.29, 0.717) is 5.92 Å². The van der Waals surface area contributed by atoms with E-state index in [9.17, 15) is 0 Å². The average molecular weight is 1020 g/mol. The van der Waals surface area contributed by atoms with E-state index >= 15 is 0 Å². The molecule has 0 aromatic heterocycles. The van der Waals surface area contributed by atoms with Crippen molar-refractivity contribution in [1.82, 2.24) is 0 Å². The first-order valence-electron chi connectivity index (χ1n) is 29.6. The van der Waals surface area contributed by atoms with Crippen LogP contribution in [0.2, 0.25) is 0 Å². The molecule has 7 aromatic carbocycles. The lowest BCUT2D eigenvalue weighted by molar-refractivity contribution is 0.0763. The van der Waals surface area contributed by atoms with Gasteiger partial charge in [-0.05, 0) is 205 Å². The Morgan fingerprint density at radius 2 is 0.974 bits per heavy atom. The van der Waals surface area contributed by atoms with Crippen molar-refractivity contribution in [3.8, 4) is 0 Å². The Hall–Kier alpha value is -5.80. The highest BCUT2D eigenvalue weighted by Gasteiger charge is 2.58. The summed E-state index contributed by atoms with van der Waals surface area (Å²) in [7, 11) is 0. The van der Waals surface area contributed by atoms with E-state index in [2.05, 4.69) is 256 Å². The van der Waals surface area contributed by atoms with E-state index < -0.39 is 0 Å². The maximum absolute atomic E-state index is 2.70. The van der Waals surface area contributed by atoms with E-state index in [1.807, 2.05) is 0 Å². The van der Waals surface area contributed by atoms with Crippen LogP contribution in [0.15, 0.2) is 121 Å². The van der Waals surface area contributed by atoms with Crippen LogP contribution in [0.1, 0.15) is 214 Å². The zero-order valence-corrected chi connectivity index (χ0v) is 50.3. The third kappa shape index (κ3) is 7.68. The molecule has 12 rings (SSSR count). The smallest absolute Gasteiger partial charge is 0.252 e. The highest BCUT2D eigenvalue weighted by molar-refractivity contribution is 7.00. The van der Waals surface area contributed by atoms with Gasteiger partial charge in [-0.15, -0.1) is 0 Å². The number of nitrogens with zero attached hydrogens (tertiary/aromatic N) is 2. The van der Waals surface area contributed by atoms with Gasteiger partial charge in [0.2, 0.25) is 0 Å². The van der Waals surface area contributed by atoms with Crippen LogP contribution in [-0.2, 0) is 38.9 Å². The monoisotopic (exact) mass is 1010 g/mol. The first-order chi connectivity index (χ1) is 36.1. The summed E-state index contributed by atoms with van der Waals surface area (Å²) >= 11 is 0. The molecule has 3 atom stereocenters. The molecule has 0 saturated heterocycles. The molecule has 7 aromatic rings. The van der Waals surface area contributed by atoms with E-state index in [-0.39, 0.29) is 44.6 Å². The first kappa shape index (κ1) is 51.9. The third-order valence-corrected chi connectivity index (χ3v) is 20.9. The second-order valence-corrected chi connectivity index (χ2v) is 29.6. The summed E-state index contributed by atoms with van der Waals surface area (Å²) in [6, 6.07) is 49.6. The lowest BCUT2D eigenvalue weighted by Crippen LogP contribution is -2.62. The lowest BCUT2D eigenvalue weighted by atomic mass is 9.33. The van der Waals surface area contributed by atoms with Gasteiger partial charge in [-0.1, -0.05) is 202 Å². The summed E-state index contributed by atoms with van der Waals surface area (Å²) in [6.45, 7) is 43.4. The molecule has 2 aliphatic heterocycles. The molecule has 2 nitrogen and oxygen atoms in total. The lowest BCUT2D eigenvalue weighted by Gasteiger charge is -2.49. The second-order valence-electron chi connectivity index (χ2n) is 29.6. The van der Waals surface area contributed by atoms with Crippen LogP contribution in [0.25, 0.3) is 0 Å². The van der Waals surface area contributed by atoms with Crippen molar-refractivity contribution in [3.63, 3.8) is 0 Å². The van der Waals surface area contributed by atoms with Crippen LogP contribution < -0.4 is 26.2 Å². The average Bonchev–Trinajstić information content (AvgIpc) is 3.70. The zero-order valence-electron chi connectivity index (χ0n) is 50.3. The maximum Gasteiger partial charge on any atom is 0.252 e. The molecule has 3 aliphatic carbocycles. The van der Waals surface area contributed by atoms with Crippen molar-refractivity contribution in [2.24, 2.45) is 5.41 Å². The van der Waals surface area contributed by atoms with Gasteiger partial charge >= 0.3 is 0 Å². The molecule has 77 heavy (non-hydrogen) atoms. The molecular formula is C74H87BN2. The maximum atomic E-state index is 2.70. The number of benzene rings is 7. The van der Waals surface area contributed by atoms with Crippen molar-refractivity contribution >= 4 is 57.2 Å². The predicted octanol–water partition coefficient (Wildman–Crippen LogP) is 18.1. The Balaban J connectivity index is 1.09. The fourth-order valence-corrected chi connectivity index (χ4v) is 16.0. The Bertz CT molecular complexity index is 3580. The molecule has 0 bridgehead atoms. The minimum absolute atomic E-state index is 0.0254. The molecule has 396 valence electrons. The number of fused-ring (bicyclic) bond motifs is 9. The normalized spacial score (nSPS) is 21.6. The number of aryl methyl sites for hydroxylation is 4. The summed E-state index contributed by atoms with van der Waals surface area (Å²) in [5.41, 5.74) is 30.7. The fraction of sp³-hybridized carbons (Fsp3) is 0.432. The van der Waals surface area contributed by atoms with Gasteiger partial charge in [0, 0.05) is 45.0 Å². The highest BCUT2D eigenvalue weighted by Crippen LogP contribution is 2.66. The van der Waals surface area contributed by atoms with Crippen molar-refractivity contribution < 1.29 is 0 Å². The Kier molecular flexibility index (Phi) is 11.5. The quantitative estimate of drug-likeness (QED) is 0.159. The predicted molar refractivity (Wildman–Crippen MR) is 333 cm³/mol. The molecule has 0 spiro atoms. The highest BCUT2D eigenvalue weighted by atomic mass is 15.2. The van der Waals surface area contributed by atoms with Gasteiger partial charge in [0.15, 0.2) is 0 Å². The molecule has 2 heterocycles. The van der Waals surface area contributed by atoms with Gasteiger partial charge in [-0.25, -0.2) is 0 Å². The molecule has 5 aliphatic rings. The van der Waals surface area contributed by atoms with Gasteiger partial charge in [-0.2, -0.15) is 0 Å². The van der Waals surface area contributed by atoms with E-state index in [4.69, 9.17) is 0 Å². The summed E-state index contributed by atoms with van der Waals surface area (Å²) in [4.78, 5) is 5.38. The topological polar surface area (TPSA) is 6.48 Å². The summed E-state index contributed by atoms with van der Waals surface area (Å²) < 4.78 is 0. The van der Waals surface area contributed by atoms with Crippen LogP contribution in [0.4, 0.5) is 34.1 Å². The first-order valence-corrected chi connectivity index (χ1v) is 29.6. The summed E-state index contributed by atoms with van der Waals surface area (Å²) in [5, 5.41) is 0. The fourth-order valence-electron chi connectivity index (χ4n) is 16.0. The SMILES string of the molecule is Cc1cc2c3c(c1)N(c1ccc(C(C)(C)C)cc1C)c1cc4c(cc1B3c1ccc(CCC3c5ccc(C(C)(C)C)cc5C5(C)CCCCC35C)cc1N2c1ccc(C(C)(C)C)cc1C)C(C)(C)c1ccccc1C4(C)C. The van der Waals surface area contributed by atoms with Crippen molar-refractivity contribution in [2.75, 3.05) is 9.80 Å². The second kappa shape index (κ2) is 17.1. The van der Waals surface area contributed by atoms with Crippen molar-refractivity contribution in [2.45, 2.75) is 202 Å². The van der Waals surface area contributed by atoms with Gasteiger partial charge in [0.25, 0.3) is 6.71 Å². The van der Waals surface area contributed by atoms with E-state index in [1.165, 1.54) is 137 Å². The number of hydrogen-bond acceptors (Lipinski definition) is 2. The van der Waals surface area contributed by atoms with Crippen LogP contribution in [0, 0.1) is 26.2 Å². The van der Waals surface area contributed by atoms with Crippen LogP contribution in [0.3, 0.4) is 0 Å². The minimum Gasteiger partial charge on any atom is -0.311 e. The molecular weight excluding hydrogens is 928 g/mol. The third-order valence-electron chi connectivity index (χ3n) is 20.9. The summed E-state index contributed by atoms with van der Waals surface area (Å²) in [5.74, 6) is 0.517. The van der Waals surface area contributed by atoms with Crippen LogP contribution >= 0.6 is 0 Å². The Morgan fingerprint density at radius 1 is 0.468 bits per heavy atom. The standard InChI is InChI=1S/C74H87BN2/c1-45-37-65-67-66(38-45)77(62-34-29-50(40-47(62)3)69(7,8)9)64-44-58-57(71(13,14)54-23-19-20-24-55(54)72(58,15)16)43-60(64)75(67)59-32-26-48(41-63(59)76(65)61-33-28-49(39-46(61)2)68(4,5)6)25-31-53-52-30-27-51(70(10,11)12)42-56(52)74(18)36-22-21-35-73(53,74)17/h19-20,23-24,26-30,32-34,37-44,53H,21-22,25,31,35-36H2,1-18H3. The molecule has 1 saturated carbocycles. The van der Waals surface area contributed by atoms with Crippen molar-refractivity contribution in [3.05, 3.63) is 194 Å². The van der Waals surface area contributed by atoms with Crippen LogP contribution in [0.5, 0.6) is 0 Å². The van der Waals surface area contributed by atoms with E-state index in [1.54, 1.807) is 11.1 Å². The Morgan fingerprint density at radius 3 is 1.52 bits per heavy atom. The molecule has 0 radical (unpaired) electrons. The van der Waals surface area contributed by atoms with Crippen molar-refractivity contribution in [1.29, 1.82) is 0 Å². The molecule has 1 fully saturated rings. The number of anilines is 6. The van der Waals surface area contributed by atoms with Gasteiger partial charge in [0.1, 0.15) is 0 Å². The largest absolute Gasteiger partial charge is 0.311 e. The molecule has 0 amide bonds. The van der Waals surface area contributed by atoms with Gasteiger partial charge in [0.05, 0.1) is 0 Å². The Labute approximate surface area is 465 Å². The number of hydrogen-bond donors (Lipinski definition) is 0. The minimum atomic E-state index is -0.195. The summed E-state index contributed by atoms with van der Waals surface area (Å²) in [6.07, 6.45) is 7.44.